The SMILES string of the molecule is COc1ccc(CC[AsH]c2cc(-c3c(C)noc3C)nc(OC)n2)cc1. The Morgan fingerprint density at radius 3 is 2.42 bits per heavy atom. The van der Waals surface area contributed by atoms with Gasteiger partial charge in [-0.1, -0.05) is 0 Å². The van der Waals surface area contributed by atoms with Crippen LogP contribution in [0.3, 0.4) is 0 Å². The molecule has 0 aliphatic rings. The van der Waals surface area contributed by atoms with Crippen molar-refractivity contribution in [1.29, 1.82) is 0 Å². The molecular weight excluding hydrogens is 393 g/mol. The molecule has 1 unspecified atom stereocenters. The third kappa shape index (κ3) is 4.25. The molecule has 0 aliphatic heterocycles. The van der Waals surface area contributed by atoms with Gasteiger partial charge in [-0.15, -0.1) is 0 Å². The summed E-state index contributed by atoms with van der Waals surface area (Å²) in [5.74, 6) is 1.64. The van der Waals surface area contributed by atoms with Crippen LogP contribution in [0.5, 0.6) is 11.8 Å². The Balaban J connectivity index is 1.74. The summed E-state index contributed by atoms with van der Waals surface area (Å²) in [6, 6.07) is 10.7. The summed E-state index contributed by atoms with van der Waals surface area (Å²) < 4.78 is 16.8. The van der Waals surface area contributed by atoms with Gasteiger partial charge in [-0.3, -0.25) is 0 Å². The van der Waals surface area contributed by atoms with Crippen LogP contribution in [0, 0.1) is 13.8 Å². The third-order valence-corrected chi connectivity index (χ3v) is 6.40. The maximum atomic E-state index is 5.30. The minimum absolute atomic E-state index is 0.394. The average molecular weight is 415 g/mol. The Kier molecular flexibility index (Phi) is 5.94. The van der Waals surface area contributed by atoms with E-state index in [0.717, 1.165) is 44.6 Å². The first-order valence-electron chi connectivity index (χ1n) is 8.34. The summed E-state index contributed by atoms with van der Waals surface area (Å²) >= 11 is -0.410. The number of aromatic nitrogens is 3. The topological polar surface area (TPSA) is 70.3 Å². The van der Waals surface area contributed by atoms with E-state index in [-0.39, 0.29) is 0 Å². The molecule has 0 bridgehead atoms. The number of aryl methyl sites for hydroxylation is 3. The Morgan fingerprint density at radius 1 is 1.04 bits per heavy atom. The van der Waals surface area contributed by atoms with Crippen molar-refractivity contribution in [3.8, 4) is 23.0 Å². The predicted octanol–water partition coefficient (Wildman–Crippen LogP) is 2.49. The number of rotatable bonds is 7. The van der Waals surface area contributed by atoms with E-state index in [0.29, 0.717) is 6.01 Å². The molecule has 0 N–H and O–H groups in total. The van der Waals surface area contributed by atoms with Crippen LogP contribution in [0.25, 0.3) is 11.3 Å². The Bertz CT molecular complexity index is 859. The molecule has 26 heavy (non-hydrogen) atoms. The predicted molar refractivity (Wildman–Crippen MR) is 102 cm³/mol. The zero-order chi connectivity index (χ0) is 18.5. The molecule has 0 saturated carbocycles. The molecule has 0 aliphatic carbocycles. The second-order valence-corrected chi connectivity index (χ2v) is 8.71. The molecule has 1 aromatic carbocycles. The first kappa shape index (κ1) is 18.5. The zero-order valence-electron chi connectivity index (χ0n) is 15.4. The monoisotopic (exact) mass is 415 g/mol. The van der Waals surface area contributed by atoms with Crippen LogP contribution in [-0.4, -0.2) is 45.1 Å². The van der Waals surface area contributed by atoms with Crippen LogP contribution in [0.2, 0.25) is 5.21 Å². The molecule has 136 valence electrons. The summed E-state index contributed by atoms with van der Waals surface area (Å²) in [4.78, 5) is 9.01. The van der Waals surface area contributed by atoms with Gasteiger partial charge < -0.3 is 0 Å². The van der Waals surface area contributed by atoms with E-state index in [1.165, 1.54) is 5.56 Å². The van der Waals surface area contributed by atoms with E-state index in [1.807, 2.05) is 32.0 Å². The number of methoxy groups -OCH3 is 2. The first-order valence-corrected chi connectivity index (χ1v) is 10.9. The van der Waals surface area contributed by atoms with Gasteiger partial charge in [0.2, 0.25) is 0 Å². The summed E-state index contributed by atoms with van der Waals surface area (Å²) in [6.07, 6.45) is 1.02. The van der Waals surface area contributed by atoms with Crippen LogP contribution >= 0.6 is 0 Å². The quantitative estimate of drug-likeness (QED) is 0.553. The normalized spacial score (nSPS) is 11.2. The van der Waals surface area contributed by atoms with Crippen molar-refractivity contribution in [2.45, 2.75) is 25.5 Å². The molecule has 2 aromatic heterocycles. The molecular formula is C19H22AsN3O3. The van der Waals surface area contributed by atoms with E-state index in [1.54, 1.807) is 14.2 Å². The second-order valence-electron chi connectivity index (χ2n) is 5.85. The van der Waals surface area contributed by atoms with Gasteiger partial charge in [0, 0.05) is 0 Å². The van der Waals surface area contributed by atoms with E-state index in [9.17, 15) is 0 Å². The number of ether oxygens (including phenoxy) is 2. The number of hydrogen-bond donors (Lipinski definition) is 0. The fraction of sp³-hybridized carbons (Fsp3) is 0.316. The van der Waals surface area contributed by atoms with Gasteiger partial charge in [0.15, 0.2) is 0 Å². The van der Waals surface area contributed by atoms with Gasteiger partial charge in [0.05, 0.1) is 0 Å². The van der Waals surface area contributed by atoms with Gasteiger partial charge in [-0.05, 0) is 0 Å². The van der Waals surface area contributed by atoms with Gasteiger partial charge in [-0.25, -0.2) is 0 Å². The summed E-state index contributed by atoms with van der Waals surface area (Å²) in [5.41, 5.74) is 3.87. The zero-order valence-corrected chi connectivity index (χ0v) is 17.5. The van der Waals surface area contributed by atoms with Crippen LogP contribution in [0.4, 0.5) is 0 Å². The summed E-state index contributed by atoms with van der Waals surface area (Å²) in [7, 11) is 3.27. The molecule has 0 fully saturated rings. The Labute approximate surface area is 159 Å². The van der Waals surface area contributed by atoms with Crippen molar-refractivity contribution in [2.24, 2.45) is 0 Å². The van der Waals surface area contributed by atoms with Crippen molar-refractivity contribution in [2.75, 3.05) is 14.2 Å². The Morgan fingerprint density at radius 2 is 1.81 bits per heavy atom. The van der Waals surface area contributed by atoms with Crippen LogP contribution in [0.1, 0.15) is 17.0 Å². The average Bonchev–Trinajstić information content (AvgIpc) is 3.00. The number of nitrogens with zero attached hydrogens (tertiary/aromatic N) is 3. The van der Waals surface area contributed by atoms with Crippen LogP contribution in [-0.2, 0) is 6.42 Å². The molecule has 1 atom stereocenters. The van der Waals surface area contributed by atoms with Crippen molar-refractivity contribution in [3.05, 3.63) is 47.3 Å². The standard InChI is InChI=1S/C19H22AsN3O3/c1-12-18(13(2)26-23-12)16-11-17(22-19(21-16)25-4)20-10-9-14-5-7-15(24-3)8-6-14/h5-8,11,20H,9-10H2,1-4H3. The molecule has 2 heterocycles. The van der Waals surface area contributed by atoms with Crippen molar-refractivity contribution in [1.82, 2.24) is 15.1 Å². The first-order chi connectivity index (χ1) is 12.6. The second kappa shape index (κ2) is 8.37. The fourth-order valence-electron chi connectivity index (χ4n) is 2.71. The molecule has 3 aromatic rings. The van der Waals surface area contributed by atoms with Crippen LogP contribution < -0.4 is 14.0 Å². The van der Waals surface area contributed by atoms with Crippen molar-refractivity contribution in [3.63, 3.8) is 0 Å². The summed E-state index contributed by atoms with van der Waals surface area (Å²) in [5, 5.41) is 5.12. The Hall–Kier alpha value is -2.33. The van der Waals surface area contributed by atoms with E-state index >= 15 is 0 Å². The molecule has 0 radical (unpaired) electrons. The number of benzene rings is 1. The van der Waals surface area contributed by atoms with Gasteiger partial charge in [0.25, 0.3) is 0 Å². The molecule has 3 rings (SSSR count). The molecule has 6 nitrogen and oxygen atoms in total. The van der Waals surface area contributed by atoms with Gasteiger partial charge in [0.1, 0.15) is 0 Å². The van der Waals surface area contributed by atoms with Gasteiger partial charge in [-0.2, -0.15) is 0 Å². The minimum atomic E-state index is -0.410. The van der Waals surface area contributed by atoms with E-state index < -0.39 is 15.8 Å². The molecule has 0 spiro atoms. The van der Waals surface area contributed by atoms with E-state index in [4.69, 9.17) is 14.0 Å². The van der Waals surface area contributed by atoms with Gasteiger partial charge >= 0.3 is 159 Å². The fourth-order valence-corrected chi connectivity index (χ4v) is 4.98. The molecule has 0 amide bonds. The summed E-state index contributed by atoms with van der Waals surface area (Å²) in [6.45, 7) is 3.81. The molecule has 7 heteroatoms. The number of hydrogen-bond acceptors (Lipinski definition) is 6. The van der Waals surface area contributed by atoms with E-state index in [2.05, 4.69) is 27.3 Å². The third-order valence-electron chi connectivity index (χ3n) is 4.06. The van der Waals surface area contributed by atoms with Crippen LogP contribution in [0.15, 0.2) is 34.9 Å². The van der Waals surface area contributed by atoms with Crippen molar-refractivity contribution >= 4 is 20.2 Å². The maximum absolute atomic E-state index is 5.30. The van der Waals surface area contributed by atoms with Crippen molar-refractivity contribution < 1.29 is 14.0 Å². The molecule has 0 saturated heterocycles.